The van der Waals surface area contributed by atoms with E-state index in [1.54, 1.807) is 0 Å². The molecule has 0 radical (unpaired) electrons. The predicted octanol–water partition coefficient (Wildman–Crippen LogP) is 5.80. The van der Waals surface area contributed by atoms with Crippen LogP contribution in [0.3, 0.4) is 0 Å². The van der Waals surface area contributed by atoms with Gasteiger partial charge in [0.25, 0.3) is 0 Å². The molecule has 0 unspecified atom stereocenters. The first-order chi connectivity index (χ1) is 15.0. The molecule has 0 atom stereocenters. The third-order valence-electron chi connectivity index (χ3n) is 7.09. The van der Waals surface area contributed by atoms with Crippen LogP contribution in [0.5, 0.6) is 0 Å². The average molecular weight is 418 g/mol. The van der Waals surface area contributed by atoms with Gasteiger partial charge in [-0.05, 0) is 87.0 Å². The first-order valence-corrected chi connectivity index (χ1v) is 11.9. The van der Waals surface area contributed by atoms with Crippen LogP contribution in [0, 0.1) is 19.8 Å². The monoisotopic (exact) mass is 417 g/mol. The Bertz CT molecular complexity index is 1050. The third kappa shape index (κ3) is 4.16. The molecule has 4 heterocycles. The highest BCUT2D eigenvalue weighted by Crippen LogP contribution is 2.38. The van der Waals surface area contributed by atoms with Crippen molar-refractivity contribution in [1.29, 1.82) is 0 Å². The number of pyridine rings is 1. The summed E-state index contributed by atoms with van der Waals surface area (Å²) in [6, 6.07) is 11.5. The molecule has 2 aromatic heterocycles. The van der Waals surface area contributed by atoms with Crippen LogP contribution < -0.4 is 0 Å². The summed E-state index contributed by atoms with van der Waals surface area (Å²) in [5.41, 5.74) is 8.84. The number of ether oxygens (including phenoxy) is 1. The Morgan fingerprint density at radius 2 is 1.77 bits per heavy atom. The quantitative estimate of drug-likeness (QED) is 0.571. The molecular formula is C27H35N3O. The fourth-order valence-corrected chi connectivity index (χ4v) is 5.49. The highest BCUT2D eigenvalue weighted by Gasteiger charge is 2.26. The molecule has 4 nitrogen and oxygen atoms in total. The van der Waals surface area contributed by atoms with E-state index in [1.165, 1.54) is 65.8 Å². The average Bonchev–Trinajstić information content (AvgIpc) is 3.09. The lowest BCUT2D eigenvalue weighted by Crippen LogP contribution is -2.42. The van der Waals surface area contributed by atoms with Crippen molar-refractivity contribution in [2.45, 2.75) is 52.4 Å². The Morgan fingerprint density at radius 3 is 2.39 bits per heavy atom. The fourth-order valence-electron chi connectivity index (χ4n) is 5.49. The number of nitrogens with zero attached hydrogens (tertiary/aromatic N) is 2. The van der Waals surface area contributed by atoms with Crippen LogP contribution in [-0.2, 0) is 4.74 Å². The molecule has 2 saturated heterocycles. The Labute approximate surface area is 186 Å². The molecule has 5 rings (SSSR count). The number of hydrogen-bond donors (Lipinski definition) is 1. The van der Waals surface area contributed by atoms with Crippen molar-refractivity contribution in [3.05, 3.63) is 52.8 Å². The number of rotatable bonds is 5. The minimum Gasteiger partial charge on any atom is -0.381 e. The maximum atomic E-state index is 5.35. The van der Waals surface area contributed by atoms with E-state index in [4.69, 9.17) is 4.74 Å². The van der Waals surface area contributed by atoms with Gasteiger partial charge in [-0.2, -0.15) is 0 Å². The number of hydrogen-bond acceptors (Lipinski definition) is 3. The van der Waals surface area contributed by atoms with Gasteiger partial charge in [0, 0.05) is 40.3 Å². The van der Waals surface area contributed by atoms with Crippen LogP contribution in [0.15, 0.2) is 30.3 Å². The van der Waals surface area contributed by atoms with Gasteiger partial charge in [-0.25, -0.2) is 0 Å². The van der Waals surface area contributed by atoms with Crippen LogP contribution in [-0.4, -0.2) is 47.7 Å². The summed E-state index contributed by atoms with van der Waals surface area (Å²) < 4.78 is 5.35. The van der Waals surface area contributed by atoms with E-state index in [-0.39, 0.29) is 0 Å². The van der Waals surface area contributed by atoms with E-state index < -0.39 is 0 Å². The lowest BCUT2D eigenvalue weighted by atomic mass is 9.87. The lowest BCUT2D eigenvalue weighted by Gasteiger charge is -2.37. The van der Waals surface area contributed by atoms with Crippen LogP contribution in [0.4, 0.5) is 0 Å². The smallest absolute Gasteiger partial charge is 0.0528 e. The normalized spacial score (nSPS) is 18.7. The third-order valence-corrected chi connectivity index (χ3v) is 7.09. The molecule has 2 aliphatic rings. The van der Waals surface area contributed by atoms with Gasteiger partial charge in [0.1, 0.15) is 0 Å². The predicted molar refractivity (Wildman–Crippen MR) is 128 cm³/mol. The standard InChI is InChI=1S/C27H35N3O/c1-17(2)26-24-13-22(21-7-9-30(10-8-21)14-20-15-31-16-20)5-6-25(24)29-27(26)23-11-18(3)28-19(4)12-23/h5-6,11-13,17,20-21,29H,7-10,14-16H2,1-4H3. The number of aryl methyl sites for hydroxylation is 2. The van der Waals surface area contributed by atoms with E-state index >= 15 is 0 Å². The SMILES string of the molecule is Cc1cc(-c2[nH]c3ccc(C4CCN(CC5COC5)CC4)cc3c2C(C)C)cc(C)n1. The van der Waals surface area contributed by atoms with Gasteiger partial charge in [0.2, 0.25) is 0 Å². The van der Waals surface area contributed by atoms with Gasteiger partial charge in [-0.15, -0.1) is 0 Å². The van der Waals surface area contributed by atoms with Gasteiger partial charge in [-0.1, -0.05) is 19.9 Å². The second kappa shape index (κ2) is 8.40. The van der Waals surface area contributed by atoms with E-state index in [0.717, 1.165) is 30.5 Å². The Kier molecular flexibility index (Phi) is 5.61. The van der Waals surface area contributed by atoms with Crippen molar-refractivity contribution >= 4 is 10.9 Å². The molecule has 1 N–H and O–H groups in total. The van der Waals surface area contributed by atoms with Crippen molar-refractivity contribution < 1.29 is 4.74 Å². The second-order valence-corrected chi connectivity index (χ2v) is 9.99. The molecule has 2 aliphatic heterocycles. The summed E-state index contributed by atoms with van der Waals surface area (Å²) in [6.45, 7) is 14.3. The Hall–Kier alpha value is -2.17. The summed E-state index contributed by atoms with van der Waals surface area (Å²) in [5.74, 6) is 1.89. The molecule has 3 aromatic rings. The van der Waals surface area contributed by atoms with Gasteiger partial charge >= 0.3 is 0 Å². The van der Waals surface area contributed by atoms with E-state index in [0.29, 0.717) is 11.8 Å². The van der Waals surface area contributed by atoms with Gasteiger partial charge in [0.15, 0.2) is 0 Å². The number of aromatic amines is 1. The number of likely N-dealkylation sites (tertiary alicyclic amines) is 1. The Balaban J connectivity index is 1.43. The molecule has 4 heteroatoms. The molecule has 1 aromatic carbocycles. The van der Waals surface area contributed by atoms with Crippen molar-refractivity contribution in [3.63, 3.8) is 0 Å². The van der Waals surface area contributed by atoms with Gasteiger partial charge < -0.3 is 14.6 Å². The Morgan fingerprint density at radius 1 is 1.06 bits per heavy atom. The molecule has 0 aliphatic carbocycles. The maximum Gasteiger partial charge on any atom is 0.0528 e. The van der Waals surface area contributed by atoms with E-state index in [1.807, 2.05) is 0 Å². The first-order valence-electron chi connectivity index (χ1n) is 11.9. The second-order valence-electron chi connectivity index (χ2n) is 9.99. The molecule has 0 saturated carbocycles. The lowest BCUT2D eigenvalue weighted by molar-refractivity contribution is -0.0487. The minimum absolute atomic E-state index is 0.458. The first kappa shape index (κ1) is 20.7. The zero-order chi connectivity index (χ0) is 21.5. The fraction of sp³-hybridized carbons (Fsp3) is 0.519. The largest absolute Gasteiger partial charge is 0.381 e. The van der Waals surface area contributed by atoms with Crippen LogP contribution >= 0.6 is 0 Å². The molecule has 164 valence electrons. The van der Waals surface area contributed by atoms with Crippen molar-refractivity contribution in [2.24, 2.45) is 5.92 Å². The summed E-state index contributed by atoms with van der Waals surface area (Å²) in [5, 5.41) is 1.39. The van der Waals surface area contributed by atoms with E-state index in [9.17, 15) is 0 Å². The molecule has 31 heavy (non-hydrogen) atoms. The number of H-pyrrole nitrogens is 1. The number of benzene rings is 1. The highest BCUT2D eigenvalue weighted by molar-refractivity contribution is 5.92. The van der Waals surface area contributed by atoms with Crippen molar-refractivity contribution in [3.8, 4) is 11.3 Å². The molecule has 0 spiro atoms. The molecule has 0 bridgehead atoms. The topological polar surface area (TPSA) is 41.2 Å². The molecule has 0 amide bonds. The summed E-state index contributed by atoms with van der Waals surface area (Å²) in [4.78, 5) is 11.0. The summed E-state index contributed by atoms with van der Waals surface area (Å²) >= 11 is 0. The van der Waals surface area contributed by atoms with Crippen LogP contribution in [0.1, 0.15) is 61.0 Å². The number of nitrogens with one attached hydrogen (secondary N) is 1. The van der Waals surface area contributed by atoms with Crippen molar-refractivity contribution in [2.75, 3.05) is 32.8 Å². The van der Waals surface area contributed by atoms with Crippen LogP contribution in [0.2, 0.25) is 0 Å². The molecular weight excluding hydrogens is 382 g/mol. The number of aromatic nitrogens is 2. The number of piperidine rings is 1. The molecule has 2 fully saturated rings. The zero-order valence-corrected chi connectivity index (χ0v) is 19.4. The summed E-state index contributed by atoms with van der Waals surface area (Å²) in [7, 11) is 0. The van der Waals surface area contributed by atoms with Crippen molar-refractivity contribution in [1.82, 2.24) is 14.9 Å². The maximum absolute atomic E-state index is 5.35. The zero-order valence-electron chi connectivity index (χ0n) is 19.4. The van der Waals surface area contributed by atoms with Crippen LogP contribution in [0.25, 0.3) is 22.2 Å². The minimum atomic E-state index is 0.458. The van der Waals surface area contributed by atoms with Gasteiger partial charge in [-0.3, -0.25) is 4.98 Å². The number of fused-ring (bicyclic) bond motifs is 1. The highest BCUT2D eigenvalue weighted by atomic mass is 16.5. The summed E-state index contributed by atoms with van der Waals surface area (Å²) in [6.07, 6.45) is 2.52. The van der Waals surface area contributed by atoms with E-state index in [2.05, 4.69) is 72.9 Å². The van der Waals surface area contributed by atoms with Gasteiger partial charge in [0.05, 0.1) is 18.9 Å².